The Morgan fingerprint density at radius 2 is 1.91 bits per heavy atom. The van der Waals surface area contributed by atoms with Crippen LogP contribution in [-0.4, -0.2) is 27.7 Å². The molecular formula is C18H19N5. The highest BCUT2D eigenvalue weighted by Gasteiger charge is 2.24. The van der Waals surface area contributed by atoms with Gasteiger partial charge in [0, 0.05) is 37.7 Å². The third kappa shape index (κ3) is 2.88. The highest BCUT2D eigenvalue weighted by molar-refractivity contribution is 5.62. The van der Waals surface area contributed by atoms with E-state index in [1.165, 1.54) is 11.3 Å². The lowest BCUT2D eigenvalue weighted by atomic mass is 10.1. The van der Waals surface area contributed by atoms with Gasteiger partial charge in [0.1, 0.15) is 0 Å². The maximum absolute atomic E-state index is 4.71. The maximum Gasteiger partial charge on any atom is 0.0959 e. The Balaban J connectivity index is 1.75. The predicted octanol–water partition coefficient (Wildman–Crippen LogP) is 2.18. The number of aromatic nitrogens is 3. The molecule has 1 fully saturated rings. The molecule has 3 heterocycles. The van der Waals surface area contributed by atoms with E-state index < -0.39 is 0 Å². The molecule has 5 heteroatoms. The zero-order chi connectivity index (χ0) is 15.5. The molecule has 23 heavy (non-hydrogen) atoms. The molecule has 0 aliphatic carbocycles. The number of imidazole rings is 1. The van der Waals surface area contributed by atoms with Gasteiger partial charge in [0.05, 0.1) is 23.8 Å². The quantitative estimate of drug-likeness (QED) is 0.776. The fourth-order valence-electron chi connectivity index (χ4n) is 3.06. The van der Waals surface area contributed by atoms with Gasteiger partial charge in [0.25, 0.3) is 0 Å². The summed E-state index contributed by atoms with van der Waals surface area (Å²) in [5.74, 6) is 0. The maximum atomic E-state index is 4.71. The van der Waals surface area contributed by atoms with E-state index in [0.29, 0.717) is 0 Å². The van der Waals surface area contributed by atoms with E-state index in [-0.39, 0.29) is 6.04 Å². The summed E-state index contributed by atoms with van der Waals surface area (Å²) in [5.41, 5.74) is 4.67. The lowest BCUT2D eigenvalue weighted by Gasteiger charge is -2.16. The molecule has 0 radical (unpaired) electrons. The monoisotopic (exact) mass is 305 g/mol. The normalized spacial score (nSPS) is 17.5. The molecule has 116 valence electrons. The number of hydrogen-bond donors (Lipinski definition) is 2. The molecule has 4 rings (SSSR count). The van der Waals surface area contributed by atoms with Crippen LogP contribution in [-0.2, 0) is 6.54 Å². The fraction of sp³-hybridized carbons (Fsp3) is 0.222. The number of nitrogens with one attached hydrogen (secondary N) is 2. The van der Waals surface area contributed by atoms with Crippen molar-refractivity contribution in [2.75, 3.05) is 13.2 Å². The van der Waals surface area contributed by atoms with Crippen LogP contribution >= 0.6 is 0 Å². The van der Waals surface area contributed by atoms with Gasteiger partial charge in [0.15, 0.2) is 0 Å². The molecule has 0 spiro atoms. The minimum atomic E-state index is 0.273. The highest BCUT2D eigenvalue weighted by Crippen LogP contribution is 2.28. The molecule has 1 saturated heterocycles. The molecule has 0 bridgehead atoms. The summed E-state index contributed by atoms with van der Waals surface area (Å²) in [6.45, 7) is 2.55. The molecular weight excluding hydrogens is 286 g/mol. The number of pyridine rings is 1. The van der Waals surface area contributed by atoms with Crippen molar-refractivity contribution in [1.29, 1.82) is 0 Å². The van der Waals surface area contributed by atoms with Crippen LogP contribution in [0.15, 0.2) is 61.2 Å². The van der Waals surface area contributed by atoms with E-state index >= 15 is 0 Å². The van der Waals surface area contributed by atoms with Gasteiger partial charge in [-0.15, -0.1) is 0 Å². The lowest BCUT2D eigenvalue weighted by molar-refractivity contribution is 0.607. The number of rotatable bonds is 4. The minimum absolute atomic E-state index is 0.273. The Labute approximate surface area is 135 Å². The zero-order valence-electron chi connectivity index (χ0n) is 12.8. The molecule has 0 amide bonds. The third-order valence-corrected chi connectivity index (χ3v) is 4.18. The molecule has 2 N–H and O–H groups in total. The minimum Gasteiger partial charge on any atom is -0.328 e. The van der Waals surface area contributed by atoms with Crippen LogP contribution < -0.4 is 10.6 Å². The van der Waals surface area contributed by atoms with Crippen molar-refractivity contribution in [3.8, 4) is 11.3 Å². The molecule has 1 unspecified atom stereocenters. The number of hydrogen-bond acceptors (Lipinski definition) is 4. The van der Waals surface area contributed by atoms with Crippen LogP contribution in [0.4, 0.5) is 0 Å². The third-order valence-electron chi connectivity index (χ3n) is 4.18. The summed E-state index contributed by atoms with van der Waals surface area (Å²) >= 11 is 0. The molecule has 5 nitrogen and oxygen atoms in total. The fourth-order valence-corrected chi connectivity index (χ4v) is 3.06. The van der Waals surface area contributed by atoms with E-state index in [1.807, 2.05) is 36.9 Å². The average Bonchev–Trinajstić information content (AvgIpc) is 3.26. The van der Waals surface area contributed by atoms with E-state index in [0.717, 1.165) is 31.0 Å². The van der Waals surface area contributed by atoms with Gasteiger partial charge in [-0.1, -0.05) is 30.3 Å². The van der Waals surface area contributed by atoms with Crippen molar-refractivity contribution in [3.05, 3.63) is 72.4 Å². The topological polar surface area (TPSA) is 54.8 Å². The van der Waals surface area contributed by atoms with Crippen molar-refractivity contribution >= 4 is 0 Å². The van der Waals surface area contributed by atoms with Crippen molar-refractivity contribution in [1.82, 2.24) is 25.2 Å². The molecule has 1 aliphatic heterocycles. The van der Waals surface area contributed by atoms with Gasteiger partial charge in [-0.3, -0.25) is 10.3 Å². The predicted molar refractivity (Wildman–Crippen MR) is 89.7 cm³/mol. The first kappa shape index (κ1) is 14.1. The summed E-state index contributed by atoms with van der Waals surface area (Å²) in [4.78, 5) is 8.80. The molecule has 3 aromatic rings. The van der Waals surface area contributed by atoms with Gasteiger partial charge in [-0.2, -0.15) is 0 Å². The second-order valence-corrected chi connectivity index (χ2v) is 5.72. The Bertz CT molecular complexity index is 761. The zero-order valence-corrected chi connectivity index (χ0v) is 12.8. The second-order valence-electron chi connectivity index (χ2n) is 5.72. The van der Waals surface area contributed by atoms with Crippen LogP contribution in [0, 0.1) is 0 Å². The van der Waals surface area contributed by atoms with Crippen molar-refractivity contribution in [2.45, 2.75) is 12.6 Å². The second kappa shape index (κ2) is 6.32. The molecule has 1 aliphatic rings. The van der Waals surface area contributed by atoms with Crippen LogP contribution in [0.1, 0.15) is 17.3 Å². The molecule has 0 saturated carbocycles. The summed E-state index contributed by atoms with van der Waals surface area (Å²) in [5, 5.41) is 6.88. The van der Waals surface area contributed by atoms with E-state index in [2.05, 4.69) is 44.5 Å². The Kier molecular flexibility index (Phi) is 3.88. The molecule has 1 aromatic carbocycles. The largest absolute Gasteiger partial charge is 0.328 e. The van der Waals surface area contributed by atoms with Crippen LogP contribution in [0.5, 0.6) is 0 Å². The average molecular weight is 305 g/mol. The first-order valence-corrected chi connectivity index (χ1v) is 7.85. The summed E-state index contributed by atoms with van der Waals surface area (Å²) in [6.07, 6.45) is 5.61. The van der Waals surface area contributed by atoms with Gasteiger partial charge in [-0.05, 0) is 17.7 Å². The van der Waals surface area contributed by atoms with Crippen LogP contribution in [0.2, 0.25) is 0 Å². The summed E-state index contributed by atoms with van der Waals surface area (Å²) in [7, 11) is 0. The Hall–Kier alpha value is -2.50. The standard InChI is InChI=1S/C18H19N5/c1-2-4-15(5-3-1)17-18(16-10-20-12-21-16)23(13-22-17)11-14-6-8-19-9-7-14/h1-9,13,16,20-21H,10-12H2. The van der Waals surface area contributed by atoms with Crippen LogP contribution in [0.3, 0.4) is 0 Å². The summed E-state index contributed by atoms with van der Waals surface area (Å²) in [6, 6.07) is 14.7. The molecule has 2 aromatic heterocycles. The van der Waals surface area contributed by atoms with Gasteiger partial charge in [-0.25, -0.2) is 4.98 Å². The smallest absolute Gasteiger partial charge is 0.0959 e. The van der Waals surface area contributed by atoms with Gasteiger partial charge < -0.3 is 9.88 Å². The Morgan fingerprint density at radius 3 is 2.65 bits per heavy atom. The lowest BCUT2D eigenvalue weighted by Crippen LogP contribution is -2.19. The highest BCUT2D eigenvalue weighted by atomic mass is 15.2. The first-order chi connectivity index (χ1) is 11.4. The molecule has 1 atom stereocenters. The van der Waals surface area contributed by atoms with E-state index in [4.69, 9.17) is 4.98 Å². The summed E-state index contributed by atoms with van der Waals surface area (Å²) < 4.78 is 2.24. The first-order valence-electron chi connectivity index (χ1n) is 7.85. The number of nitrogens with zero attached hydrogens (tertiary/aromatic N) is 3. The van der Waals surface area contributed by atoms with Gasteiger partial charge >= 0.3 is 0 Å². The van der Waals surface area contributed by atoms with Crippen molar-refractivity contribution in [3.63, 3.8) is 0 Å². The van der Waals surface area contributed by atoms with Gasteiger partial charge in [0.2, 0.25) is 0 Å². The SMILES string of the molecule is c1ccc(-c2ncn(Cc3ccncc3)c2C2CNCN2)cc1. The van der Waals surface area contributed by atoms with E-state index in [9.17, 15) is 0 Å². The Morgan fingerprint density at radius 1 is 1.09 bits per heavy atom. The van der Waals surface area contributed by atoms with E-state index in [1.54, 1.807) is 0 Å². The van der Waals surface area contributed by atoms with Crippen molar-refractivity contribution < 1.29 is 0 Å². The number of benzene rings is 1. The van der Waals surface area contributed by atoms with Crippen LogP contribution in [0.25, 0.3) is 11.3 Å². The van der Waals surface area contributed by atoms with Crippen molar-refractivity contribution in [2.24, 2.45) is 0 Å².